The number of halogens is 3. The van der Waals surface area contributed by atoms with Crippen molar-refractivity contribution in [2.24, 2.45) is 0 Å². The minimum absolute atomic E-state index is 0.130. The number of alkyl halides is 3. The molecule has 126 valence electrons. The van der Waals surface area contributed by atoms with Gasteiger partial charge in [-0.3, -0.25) is 9.78 Å². The summed E-state index contributed by atoms with van der Waals surface area (Å²) in [7, 11) is 1.50. The van der Waals surface area contributed by atoms with Crippen molar-refractivity contribution < 1.29 is 22.6 Å². The Morgan fingerprint density at radius 2 is 2.22 bits per heavy atom. The highest BCUT2D eigenvalue weighted by atomic mass is 32.1. The van der Waals surface area contributed by atoms with E-state index < -0.39 is 17.8 Å². The fourth-order valence-corrected chi connectivity index (χ4v) is 2.65. The van der Waals surface area contributed by atoms with Crippen LogP contribution in [0.15, 0.2) is 34.8 Å². The Bertz CT molecular complexity index is 734. The van der Waals surface area contributed by atoms with Gasteiger partial charge in [0.25, 0.3) is 5.56 Å². The maximum absolute atomic E-state index is 12.6. The molecule has 1 aliphatic rings. The zero-order valence-electron chi connectivity index (χ0n) is 12.2. The van der Waals surface area contributed by atoms with E-state index in [1.807, 2.05) is 0 Å². The first-order valence-corrected chi connectivity index (χ1v) is 7.18. The van der Waals surface area contributed by atoms with Crippen LogP contribution in [0.5, 0.6) is 0 Å². The van der Waals surface area contributed by atoms with Crippen molar-refractivity contribution in [3.63, 3.8) is 0 Å². The van der Waals surface area contributed by atoms with Crippen LogP contribution in [0, 0.1) is 4.77 Å². The van der Waals surface area contributed by atoms with Gasteiger partial charge in [-0.2, -0.15) is 0 Å². The Morgan fingerprint density at radius 3 is 2.87 bits per heavy atom. The molecular weight excluding hydrogens is 333 g/mol. The number of aromatic amines is 1. The SMILES string of the molecule is COCCn1c([C@H]2CC=CC=C2OC(F)(F)F)cc(=O)[nH]c1=S. The number of aromatic nitrogens is 2. The molecule has 0 radical (unpaired) electrons. The maximum atomic E-state index is 12.6. The third kappa shape index (κ3) is 4.55. The Labute approximate surface area is 135 Å². The van der Waals surface area contributed by atoms with Crippen molar-refractivity contribution in [2.75, 3.05) is 13.7 Å². The molecule has 1 atom stereocenters. The van der Waals surface area contributed by atoms with Crippen molar-refractivity contribution in [2.45, 2.75) is 25.2 Å². The number of nitrogens with one attached hydrogen (secondary N) is 1. The van der Waals surface area contributed by atoms with Crippen molar-refractivity contribution in [1.82, 2.24) is 9.55 Å². The molecule has 0 saturated carbocycles. The average Bonchev–Trinajstić information content (AvgIpc) is 2.44. The number of nitrogens with zero attached hydrogens (tertiary/aromatic N) is 1. The molecule has 1 aromatic rings. The third-order valence-corrected chi connectivity index (χ3v) is 3.61. The van der Waals surface area contributed by atoms with Gasteiger partial charge in [0.1, 0.15) is 5.76 Å². The summed E-state index contributed by atoms with van der Waals surface area (Å²) in [5.41, 5.74) is -0.116. The van der Waals surface area contributed by atoms with Crippen molar-refractivity contribution >= 4 is 12.2 Å². The molecule has 0 unspecified atom stereocenters. The first kappa shape index (κ1) is 17.5. The van der Waals surface area contributed by atoms with Crippen LogP contribution in [0.25, 0.3) is 0 Å². The van der Waals surface area contributed by atoms with Crippen LogP contribution < -0.4 is 5.56 Å². The van der Waals surface area contributed by atoms with Crippen LogP contribution >= 0.6 is 12.2 Å². The highest BCUT2D eigenvalue weighted by Gasteiger charge is 2.35. The van der Waals surface area contributed by atoms with Crippen molar-refractivity contribution in [1.29, 1.82) is 0 Å². The van der Waals surface area contributed by atoms with Crippen LogP contribution in [0.3, 0.4) is 0 Å². The lowest BCUT2D eigenvalue weighted by molar-refractivity contribution is -0.307. The number of H-pyrrole nitrogens is 1. The molecule has 1 heterocycles. The first-order chi connectivity index (χ1) is 10.8. The summed E-state index contributed by atoms with van der Waals surface area (Å²) in [6.07, 6.45) is -0.0953. The van der Waals surface area contributed by atoms with Crippen LogP contribution in [-0.4, -0.2) is 29.6 Å². The van der Waals surface area contributed by atoms with E-state index in [4.69, 9.17) is 17.0 Å². The quantitative estimate of drug-likeness (QED) is 0.831. The molecule has 1 N–H and O–H groups in total. The predicted molar refractivity (Wildman–Crippen MR) is 79.5 cm³/mol. The summed E-state index contributed by atoms with van der Waals surface area (Å²) in [5, 5.41) is 0. The summed E-state index contributed by atoms with van der Waals surface area (Å²) in [6.45, 7) is 0.607. The number of hydrogen-bond donors (Lipinski definition) is 1. The Kier molecular flexibility index (Phi) is 5.42. The second-order valence-corrected chi connectivity index (χ2v) is 5.23. The van der Waals surface area contributed by atoms with E-state index in [0.29, 0.717) is 18.8 Å². The normalized spacial score (nSPS) is 17.9. The first-order valence-electron chi connectivity index (χ1n) is 6.77. The Hall–Kier alpha value is -1.87. The van der Waals surface area contributed by atoms with Gasteiger partial charge < -0.3 is 14.0 Å². The fourth-order valence-electron chi connectivity index (χ4n) is 2.36. The molecule has 0 aliphatic heterocycles. The maximum Gasteiger partial charge on any atom is 0.572 e. The lowest BCUT2D eigenvalue weighted by atomic mass is 9.94. The summed E-state index contributed by atoms with van der Waals surface area (Å²) in [6, 6.07) is 1.24. The average molecular weight is 348 g/mol. The van der Waals surface area contributed by atoms with Gasteiger partial charge in [-0.15, -0.1) is 13.2 Å². The van der Waals surface area contributed by atoms with Crippen molar-refractivity contribution in [3.05, 3.63) is 50.9 Å². The molecule has 0 saturated heterocycles. The molecule has 9 heteroatoms. The highest BCUT2D eigenvalue weighted by Crippen LogP contribution is 2.35. The lowest BCUT2D eigenvalue weighted by Crippen LogP contribution is -2.25. The molecule has 0 fully saturated rings. The molecular formula is C14H15F3N2O3S. The second-order valence-electron chi connectivity index (χ2n) is 4.84. The van der Waals surface area contributed by atoms with E-state index in [1.54, 1.807) is 10.6 Å². The van der Waals surface area contributed by atoms with E-state index in [9.17, 15) is 18.0 Å². The molecule has 0 aromatic carbocycles. The van der Waals surface area contributed by atoms with Gasteiger partial charge in [-0.05, 0) is 24.7 Å². The van der Waals surface area contributed by atoms with E-state index in [1.165, 1.54) is 25.3 Å². The monoisotopic (exact) mass is 348 g/mol. The Balaban J connectivity index is 2.47. The van der Waals surface area contributed by atoms with Crippen LogP contribution in [0.2, 0.25) is 0 Å². The van der Waals surface area contributed by atoms with Crippen LogP contribution in [0.4, 0.5) is 13.2 Å². The van der Waals surface area contributed by atoms with Crippen molar-refractivity contribution in [3.8, 4) is 0 Å². The number of ether oxygens (including phenoxy) is 2. The smallest absolute Gasteiger partial charge is 0.410 e. The van der Waals surface area contributed by atoms with Gasteiger partial charge in [0.2, 0.25) is 0 Å². The standard InChI is InChI=1S/C14H15F3N2O3S/c1-21-7-6-19-10(8-12(20)18-13(19)23)9-4-2-3-5-11(9)22-14(15,16)17/h2-3,5,8-9H,4,6-7H2,1H3,(H,18,20,23)/t9-/m1/s1. The molecule has 0 amide bonds. The molecule has 0 spiro atoms. The minimum Gasteiger partial charge on any atom is -0.410 e. The molecule has 1 aliphatic carbocycles. The van der Waals surface area contributed by atoms with Gasteiger partial charge in [-0.1, -0.05) is 12.2 Å². The largest absolute Gasteiger partial charge is 0.572 e. The summed E-state index contributed by atoms with van der Waals surface area (Å²) >= 11 is 5.11. The number of rotatable bonds is 5. The minimum atomic E-state index is -4.80. The lowest BCUT2D eigenvalue weighted by Gasteiger charge is -2.25. The summed E-state index contributed by atoms with van der Waals surface area (Å²) in [5.74, 6) is -1.02. The van der Waals surface area contributed by atoms with E-state index >= 15 is 0 Å². The topological polar surface area (TPSA) is 56.2 Å². The van der Waals surface area contributed by atoms with E-state index in [-0.39, 0.29) is 17.0 Å². The van der Waals surface area contributed by atoms with Gasteiger partial charge in [0, 0.05) is 25.4 Å². The van der Waals surface area contributed by atoms with Gasteiger partial charge in [0.15, 0.2) is 4.77 Å². The van der Waals surface area contributed by atoms with Crippen LogP contribution in [0.1, 0.15) is 18.0 Å². The van der Waals surface area contributed by atoms with Gasteiger partial charge in [0.05, 0.1) is 12.5 Å². The van der Waals surface area contributed by atoms with Gasteiger partial charge >= 0.3 is 6.36 Å². The fraction of sp³-hybridized carbons (Fsp3) is 0.429. The molecule has 23 heavy (non-hydrogen) atoms. The van der Waals surface area contributed by atoms with E-state index in [2.05, 4.69) is 9.72 Å². The zero-order chi connectivity index (χ0) is 17.0. The molecule has 0 bridgehead atoms. The van der Waals surface area contributed by atoms with Gasteiger partial charge in [-0.25, -0.2) is 0 Å². The highest BCUT2D eigenvalue weighted by molar-refractivity contribution is 7.71. The summed E-state index contributed by atoms with van der Waals surface area (Å²) < 4.78 is 48.5. The number of methoxy groups -OCH3 is 1. The second kappa shape index (κ2) is 7.14. The predicted octanol–water partition coefficient (Wildman–Crippen LogP) is 3.02. The number of allylic oxidation sites excluding steroid dienone is 4. The zero-order valence-corrected chi connectivity index (χ0v) is 13.0. The van der Waals surface area contributed by atoms with Crippen LogP contribution in [-0.2, 0) is 16.0 Å². The molecule has 2 rings (SSSR count). The van der Waals surface area contributed by atoms with E-state index in [0.717, 1.165) is 0 Å². The summed E-state index contributed by atoms with van der Waals surface area (Å²) in [4.78, 5) is 14.2. The molecule has 5 nitrogen and oxygen atoms in total. The molecule has 1 aromatic heterocycles. The number of hydrogen-bond acceptors (Lipinski definition) is 4. The Morgan fingerprint density at radius 1 is 1.48 bits per heavy atom. The third-order valence-electron chi connectivity index (χ3n) is 3.29.